The Bertz CT molecular complexity index is 480. The van der Waals surface area contributed by atoms with E-state index in [9.17, 15) is 4.79 Å². The number of rotatable bonds is 13. The fourth-order valence-electron chi connectivity index (χ4n) is 1.65. The molecular weight excluding hydrogens is 390 g/mol. The second kappa shape index (κ2) is 26.5. The lowest BCUT2D eigenvalue weighted by atomic mass is 10.1. The third-order valence-electron chi connectivity index (χ3n) is 3.20. The zero-order valence-electron chi connectivity index (χ0n) is 19.2. The molecule has 0 atom stereocenters. The summed E-state index contributed by atoms with van der Waals surface area (Å²) in [7, 11) is 1.66. The van der Waals surface area contributed by atoms with E-state index in [0.29, 0.717) is 43.4 Å². The van der Waals surface area contributed by atoms with E-state index in [0.717, 1.165) is 18.6 Å². The summed E-state index contributed by atoms with van der Waals surface area (Å²) in [5, 5.41) is 11.8. The molecule has 0 bridgehead atoms. The van der Waals surface area contributed by atoms with Gasteiger partial charge in [-0.15, -0.1) is 0 Å². The SMILES string of the molecule is C/C=C/NC(=S)/C(=C/C=C(\CC)C(=O)O)CC.CC.CCOCCOCCOC. The first kappa shape index (κ1) is 32.1. The van der Waals surface area contributed by atoms with Crippen molar-refractivity contribution in [3.8, 4) is 0 Å². The average molecular weight is 432 g/mol. The molecule has 0 radical (unpaired) electrons. The van der Waals surface area contributed by atoms with Crippen molar-refractivity contribution < 1.29 is 24.1 Å². The van der Waals surface area contributed by atoms with E-state index >= 15 is 0 Å². The highest BCUT2D eigenvalue weighted by molar-refractivity contribution is 7.80. The molecule has 6 nitrogen and oxygen atoms in total. The van der Waals surface area contributed by atoms with Crippen LogP contribution in [-0.4, -0.2) is 56.2 Å². The highest BCUT2D eigenvalue weighted by atomic mass is 32.1. The number of thiocarbonyl (C=S) groups is 1. The summed E-state index contributed by atoms with van der Waals surface area (Å²) in [6, 6.07) is 0. The molecule has 0 aliphatic rings. The Morgan fingerprint density at radius 3 is 1.93 bits per heavy atom. The van der Waals surface area contributed by atoms with Gasteiger partial charge in [-0.2, -0.15) is 0 Å². The van der Waals surface area contributed by atoms with Crippen LogP contribution in [0.3, 0.4) is 0 Å². The summed E-state index contributed by atoms with van der Waals surface area (Å²) in [5.74, 6) is -0.883. The number of carboxylic acids is 1. The first-order chi connectivity index (χ1) is 14.0. The van der Waals surface area contributed by atoms with E-state index in [1.165, 1.54) is 0 Å². The predicted molar refractivity (Wildman–Crippen MR) is 125 cm³/mol. The van der Waals surface area contributed by atoms with Gasteiger partial charge in [0.05, 0.1) is 26.4 Å². The van der Waals surface area contributed by atoms with E-state index in [-0.39, 0.29) is 0 Å². The topological polar surface area (TPSA) is 77.0 Å². The minimum absolute atomic E-state index is 0.379. The van der Waals surface area contributed by atoms with E-state index in [4.69, 9.17) is 31.5 Å². The smallest absolute Gasteiger partial charge is 0.331 e. The Morgan fingerprint density at radius 1 is 0.966 bits per heavy atom. The highest BCUT2D eigenvalue weighted by Gasteiger charge is 2.04. The van der Waals surface area contributed by atoms with Gasteiger partial charge < -0.3 is 24.6 Å². The van der Waals surface area contributed by atoms with Crippen molar-refractivity contribution in [2.75, 3.05) is 40.1 Å². The summed E-state index contributed by atoms with van der Waals surface area (Å²) in [6.45, 7) is 15.1. The monoisotopic (exact) mass is 431 g/mol. The third kappa shape index (κ3) is 22.6. The Balaban J connectivity index is -0.000000479. The normalized spacial score (nSPS) is 11.3. The van der Waals surface area contributed by atoms with Gasteiger partial charge in [-0.05, 0) is 38.5 Å². The van der Waals surface area contributed by atoms with Crippen molar-refractivity contribution in [2.24, 2.45) is 0 Å². The van der Waals surface area contributed by atoms with E-state index in [2.05, 4.69) is 5.32 Å². The minimum Gasteiger partial charge on any atom is -0.478 e. The third-order valence-corrected chi connectivity index (χ3v) is 3.58. The van der Waals surface area contributed by atoms with Gasteiger partial charge in [0.25, 0.3) is 0 Å². The summed E-state index contributed by atoms with van der Waals surface area (Å²) in [6.07, 6.45) is 8.25. The second-order valence-electron chi connectivity index (χ2n) is 5.17. The van der Waals surface area contributed by atoms with Gasteiger partial charge in [-0.3, -0.25) is 0 Å². The maximum Gasteiger partial charge on any atom is 0.331 e. The van der Waals surface area contributed by atoms with Crippen LogP contribution in [0, 0.1) is 0 Å². The van der Waals surface area contributed by atoms with Crippen LogP contribution in [-0.2, 0) is 19.0 Å². The zero-order valence-corrected chi connectivity index (χ0v) is 20.1. The number of ether oxygens (including phenoxy) is 3. The summed E-state index contributed by atoms with van der Waals surface area (Å²) < 4.78 is 15.0. The molecule has 0 saturated heterocycles. The molecule has 0 spiro atoms. The molecule has 0 aromatic heterocycles. The number of methoxy groups -OCH3 is 1. The van der Waals surface area contributed by atoms with Crippen LogP contribution < -0.4 is 5.32 Å². The van der Waals surface area contributed by atoms with Gasteiger partial charge in [0.1, 0.15) is 4.99 Å². The standard InChI is InChI=1S/C13H19NO2S.C7H16O3.C2H6/c1-4-9-14-12(17)10(5-2)7-8-11(6-3)13(15)16;1-3-9-6-7-10-5-4-8-2;1-2/h4,7-9H,5-6H2,1-3H3,(H,14,17)(H,15,16);3-7H2,1-2H3;1-2H3/b9-4+,10-7+,11-8+;;. The molecule has 0 heterocycles. The quantitative estimate of drug-likeness (QED) is 0.186. The zero-order chi connectivity index (χ0) is 22.9. The first-order valence-corrected chi connectivity index (χ1v) is 10.6. The Kier molecular flexibility index (Phi) is 29.3. The second-order valence-corrected chi connectivity index (χ2v) is 5.58. The average Bonchev–Trinajstić information content (AvgIpc) is 2.73. The molecule has 0 saturated carbocycles. The number of allylic oxidation sites excluding steroid dienone is 3. The predicted octanol–water partition coefficient (Wildman–Crippen LogP) is 4.91. The van der Waals surface area contributed by atoms with Gasteiger partial charge in [0.15, 0.2) is 0 Å². The molecule has 2 N–H and O–H groups in total. The summed E-state index contributed by atoms with van der Waals surface area (Å²) in [4.78, 5) is 11.4. The summed E-state index contributed by atoms with van der Waals surface area (Å²) in [5.41, 5.74) is 1.30. The van der Waals surface area contributed by atoms with Crippen molar-refractivity contribution in [3.05, 3.63) is 35.6 Å². The van der Waals surface area contributed by atoms with Crippen LogP contribution in [0.2, 0.25) is 0 Å². The van der Waals surface area contributed by atoms with Crippen LogP contribution in [0.15, 0.2) is 35.6 Å². The highest BCUT2D eigenvalue weighted by Crippen LogP contribution is 2.07. The number of carbonyl (C=O) groups is 1. The number of carboxylic acid groups (broad SMARTS) is 1. The van der Waals surface area contributed by atoms with Crippen molar-refractivity contribution in [3.63, 3.8) is 0 Å². The van der Waals surface area contributed by atoms with Crippen LogP contribution in [0.25, 0.3) is 0 Å². The molecule has 170 valence electrons. The Morgan fingerprint density at radius 2 is 1.48 bits per heavy atom. The first-order valence-electron chi connectivity index (χ1n) is 10.2. The molecular formula is C22H41NO5S. The van der Waals surface area contributed by atoms with Crippen molar-refractivity contribution >= 4 is 23.2 Å². The molecule has 0 aliphatic heterocycles. The summed E-state index contributed by atoms with van der Waals surface area (Å²) >= 11 is 5.19. The van der Waals surface area contributed by atoms with Crippen molar-refractivity contribution in [1.82, 2.24) is 5.32 Å². The largest absolute Gasteiger partial charge is 0.478 e. The Hall–Kier alpha value is -1.54. The molecule has 0 fully saturated rings. The molecule has 29 heavy (non-hydrogen) atoms. The molecule has 0 aromatic carbocycles. The van der Waals surface area contributed by atoms with Crippen LogP contribution in [0.4, 0.5) is 0 Å². The molecule has 7 heteroatoms. The lowest BCUT2D eigenvalue weighted by Crippen LogP contribution is -2.16. The number of aliphatic carboxylic acids is 1. The van der Waals surface area contributed by atoms with Gasteiger partial charge in [-0.25, -0.2) is 4.79 Å². The maximum atomic E-state index is 10.8. The number of hydrogen-bond acceptors (Lipinski definition) is 5. The van der Waals surface area contributed by atoms with Crippen LogP contribution >= 0.6 is 12.2 Å². The van der Waals surface area contributed by atoms with E-state index < -0.39 is 5.97 Å². The van der Waals surface area contributed by atoms with Gasteiger partial charge >= 0.3 is 5.97 Å². The van der Waals surface area contributed by atoms with Crippen molar-refractivity contribution in [2.45, 2.75) is 54.4 Å². The lowest BCUT2D eigenvalue weighted by molar-refractivity contribution is -0.132. The maximum absolute atomic E-state index is 10.8. The van der Waals surface area contributed by atoms with Crippen molar-refractivity contribution in [1.29, 1.82) is 0 Å². The molecule has 0 aromatic rings. The fraction of sp³-hybridized carbons (Fsp3) is 0.636. The number of hydrogen-bond donors (Lipinski definition) is 2. The van der Waals surface area contributed by atoms with Crippen LogP contribution in [0.1, 0.15) is 54.4 Å². The fourth-order valence-corrected chi connectivity index (χ4v) is 1.93. The lowest BCUT2D eigenvalue weighted by Gasteiger charge is -2.05. The van der Waals surface area contributed by atoms with E-state index in [1.54, 1.807) is 25.5 Å². The molecule has 0 amide bonds. The Labute approximate surface area is 183 Å². The minimum atomic E-state index is -0.883. The van der Waals surface area contributed by atoms with Gasteiger partial charge in [0, 0.05) is 19.3 Å². The van der Waals surface area contributed by atoms with Gasteiger partial charge in [0.2, 0.25) is 0 Å². The molecule has 0 aliphatic carbocycles. The number of nitrogens with one attached hydrogen (secondary N) is 1. The van der Waals surface area contributed by atoms with Crippen LogP contribution in [0.5, 0.6) is 0 Å². The van der Waals surface area contributed by atoms with Gasteiger partial charge in [-0.1, -0.05) is 58.1 Å². The molecule has 0 rings (SSSR count). The molecule has 0 unspecified atom stereocenters. The van der Waals surface area contributed by atoms with E-state index in [1.807, 2.05) is 47.6 Å².